The van der Waals surface area contributed by atoms with Crippen LogP contribution in [0.3, 0.4) is 0 Å². The van der Waals surface area contributed by atoms with Gasteiger partial charge in [0.05, 0.1) is 13.4 Å². The number of benzene rings is 1. The maximum absolute atomic E-state index is 5.24. The van der Waals surface area contributed by atoms with Crippen molar-refractivity contribution in [3.63, 3.8) is 0 Å². The predicted molar refractivity (Wildman–Crippen MR) is 79.2 cm³/mol. The van der Waals surface area contributed by atoms with E-state index in [9.17, 15) is 0 Å². The summed E-state index contributed by atoms with van der Waals surface area (Å²) in [6.45, 7) is 3.86. The number of hydrogen-bond donors (Lipinski definition) is 1. The summed E-state index contributed by atoms with van der Waals surface area (Å²) >= 11 is 3.56. The Labute approximate surface area is 121 Å². The minimum Gasteiger partial charge on any atom is -0.497 e. The van der Waals surface area contributed by atoms with Crippen LogP contribution in [-0.4, -0.2) is 22.7 Å². The lowest BCUT2D eigenvalue weighted by atomic mass is 10.2. The van der Waals surface area contributed by atoms with Gasteiger partial charge in [0, 0.05) is 36.0 Å². The lowest BCUT2D eigenvalue weighted by Gasteiger charge is -2.15. The molecule has 0 amide bonds. The Hall–Kier alpha value is -1.33. The highest BCUT2D eigenvalue weighted by atomic mass is 79.9. The van der Waals surface area contributed by atoms with E-state index in [1.807, 2.05) is 30.7 Å². The van der Waals surface area contributed by atoms with Gasteiger partial charge >= 0.3 is 0 Å². The summed E-state index contributed by atoms with van der Waals surface area (Å²) in [5.74, 6) is 0.877. The predicted octanol–water partition coefficient (Wildman–Crippen LogP) is 2.83. The number of nitrogens with one attached hydrogen (secondary N) is 1. The first-order valence-electron chi connectivity index (χ1n) is 6.20. The van der Waals surface area contributed by atoms with Gasteiger partial charge in [-0.15, -0.1) is 0 Å². The van der Waals surface area contributed by atoms with E-state index in [0.717, 1.165) is 23.3 Å². The third kappa shape index (κ3) is 4.08. The molecule has 0 aliphatic carbocycles. The van der Waals surface area contributed by atoms with Crippen molar-refractivity contribution in [2.24, 2.45) is 0 Å². The normalized spacial score (nSPS) is 12.4. The van der Waals surface area contributed by atoms with Crippen LogP contribution in [0.5, 0.6) is 5.75 Å². The zero-order valence-corrected chi connectivity index (χ0v) is 12.7. The number of rotatable bonds is 6. The maximum Gasteiger partial charge on any atom is 0.119 e. The zero-order valence-electron chi connectivity index (χ0n) is 11.1. The molecule has 0 fully saturated rings. The second-order valence-electron chi connectivity index (χ2n) is 4.50. The van der Waals surface area contributed by atoms with Crippen molar-refractivity contribution in [1.29, 1.82) is 0 Å². The Morgan fingerprint density at radius 2 is 2.32 bits per heavy atom. The molecule has 1 heterocycles. The fourth-order valence-corrected chi connectivity index (χ4v) is 2.26. The molecule has 0 spiro atoms. The molecule has 0 saturated carbocycles. The fraction of sp³-hybridized carbons (Fsp3) is 0.357. The van der Waals surface area contributed by atoms with Gasteiger partial charge in [0.15, 0.2) is 0 Å². The highest BCUT2D eigenvalue weighted by Crippen LogP contribution is 2.22. The lowest BCUT2D eigenvalue weighted by molar-refractivity contribution is 0.413. The molecule has 1 aromatic carbocycles. The van der Waals surface area contributed by atoms with Gasteiger partial charge in [0.1, 0.15) is 5.75 Å². The third-order valence-corrected chi connectivity index (χ3v) is 3.71. The second kappa shape index (κ2) is 6.73. The molecule has 0 saturated heterocycles. The number of ether oxygens (including phenoxy) is 1. The van der Waals surface area contributed by atoms with E-state index in [0.29, 0.717) is 6.04 Å². The summed E-state index contributed by atoms with van der Waals surface area (Å²) in [4.78, 5) is 4.04. The molecule has 4 nitrogen and oxygen atoms in total. The number of hydrogen-bond acceptors (Lipinski definition) is 3. The van der Waals surface area contributed by atoms with Crippen molar-refractivity contribution in [3.8, 4) is 5.75 Å². The van der Waals surface area contributed by atoms with Crippen LogP contribution in [0.2, 0.25) is 0 Å². The first-order chi connectivity index (χ1) is 9.19. The summed E-state index contributed by atoms with van der Waals surface area (Å²) in [6, 6.07) is 6.37. The molecule has 5 heteroatoms. The summed E-state index contributed by atoms with van der Waals surface area (Å²) in [6.07, 6.45) is 5.60. The van der Waals surface area contributed by atoms with Crippen molar-refractivity contribution >= 4 is 15.9 Å². The Balaban J connectivity index is 1.91. The topological polar surface area (TPSA) is 39.1 Å². The number of imidazole rings is 1. The number of aromatic nitrogens is 2. The quantitative estimate of drug-likeness (QED) is 0.888. The van der Waals surface area contributed by atoms with E-state index in [1.54, 1.807) is 13.3 Å². The molecule has 1 unspecified atom stereocenters. The molecule has 102 valence electrons. The van der Waals surface area contributed by atoms with Gasteiger partial charge in [-0.3, -0.25) is 0 Å². The highest BCUT2D eigenvalue weighted by Gasteiger charge is 2.06. The van der Waals surface area contributed by atoms with Crippen molar-refractivity contribution in [2.75, 3.05) is 7.11 Å². The summed E-state index contributed by atoms with van der Waals surface area (Å²) < 4.78 is 8.40. The third-order valence-electron chi connectivity index (χ3n) is 2.94. The van der Waals surface area contributed by atoms with Gasteiger partial charge in [0.25, 0.3) is 0 Å². The molecule has 0 bridgehead atoms. The molecular formula is C14H18BrN3O. The molecule has 2 aromatic rings. The molecule has 1 N–H and O–H groups in total. The minimum atomic E-state index is 0.368. The van der Waals surface area contributed by atoms with Crippen LogP contribution < -0.4 is 10.1 Å². The summed E-state index contributed by atoms with van der Waals surface area (Å²) in [7, 11) is 1.68. The van der Waals surface area contributed by atoms with Crippen molar-refractivity contribution in [3.05, 3.63) is 47.0 Å². The van der Waals surface area contributed by atoms with E-state index >= 15 is 0 Å². The van der Waals surface area contributed by atoms with Crippen molar-refractivity contribution in [1.82, 2.24) is 14.9 Å². The molecule has 2 rings (SSSR count). The maximum atomic E-state index is 5.24. The smallest absolute Gasteiger partial charge is 0.119 e. The molecular weight excluding hydrogens is 306 g/mol. The van der Waals surface area contributed by atoms with E-state index in [1.165, 1.54) is 5.56 Å². The first kappa shape index (κ1) is 14.1. The van der Waals surface area contributed by atoms with Crippen LogP contribution in [-0.2, 0) is 13.1 Å². The van der Waals surface area contributed by atoms with E-state index < -0.39 is 0 Å². The Morgan fingerprint density at radius 1 is 1.47 bits per heavy atom. The molecule has 1 aromatic heterocycles. The standard InChI is InChI=1S/C14H18BrN3O/c1-11(9-18-6-5-16-10-18)17-8-12-7-13(19-2)3-4-14(12)15/h3-7,10-11,17H,8-9H2,1-2H3. The van der Waals surface area contributed by atoms with Crippen LogP contribution in [0.1, 0.15) is 12.5 Å². The SMILES string of the molecule is COc1ccc(Br)c(CNC(C)Cn2ccnc2)c1. The van der Waals surface area contributed by atoms with Gasteiger partial charge < -0.3 is 14.6 Å². The molecule has 1 atom stereocenters. The number of nitrogens with zero attached hydrogens (tertiary/aromatic N) is 2. The van der Waals surface area contributed by atoms with E-state index in [-0.39, 0.29) is 0 Å². The van der Waals surface area contributed by atoms with Gasteiger partial charge in [-0.05, 0) is 30.7 Å². The summed E-state index contributed by atoms with van der Waals surface area (Å²) in [5, 5.41) is 3.50. The first-order valence-corrected chi connectivity index (χ1v) is 7.00. The van der Waals surface area contributed by atoms with Crippen molar-refractivity contribution < 1.29 is 4.74 Å². The lowest BCUT2D eigenvalue weighted by Crippen LogP contribution is -2.29. The van der Waals surface area contributed by atoms with E-state index in [4.69, 9.17) is 4.74 Å². The number of halogens is 1. The fourth-order valence-electron chi connectivity index (χ4n) is 1.87. The Morgan fingerprint density at radius 3 is 3.00 bits per heavy atom. The average molecular weight is 324 g/mol. The van der Waals surface area contributed by atoms with E-state index in [2.05, 4.69) is 37.7 Å². The number of methoxy groups -OCH3 is 1. The molecule has 19 heavy (non-hydrogen) atoms. The molecule has 0 aliphatic rings. The Kier molecular flexibility index (Phi) is 4.99. The van der Waals surface area contributed by atoms with Crippen LogP contribution in [0.15, 0.2) is 41.4 Å². The summed E-state index contributed by atoms with van der Waals surface area (Å²) in [5.41, 5.74) is 1.19. The van der Waals surface area contributed by atoms with Crippen LogP contribution in [0, 0.1) is 0 Å². The minimum absolute atomic E-state index is 0.368. The monoisotopic (exact) mass is 323 g/mol. The van der Waals surface area contributed by atoms with Gasteiger partial charge in [-0.2, -0.15) is 0 Å². The average Bonchev–Trinajstić information content (AvgIpc) is 2.90. The van der Waals surface area contributed by atoms with Gasteiger partial charge in [0.2, 0.25) is 0 Å². The largest absolute Gasteiger partial charge is 0.497 e. The molecule has 0 aliphatic heterocycles. The molecule has 0 radical (unpaired) electrons. The van der Waals surface area contributed by atoms with Crippen LogP contribution >= 0.6 is 15.9 Å². The van der Waals surface area contributed by atoms with Gasteiger partial charge in [-0.25, -0.2) is 4.98 Å². The zero-order chi connectivity index (χ0) is 13.7. The highest BCUT2D eigenvalue weighted by molar-refractivity contribution is 9.10. The second-order valence-corrected chi connectivity index (χ2v) is 5.35. The Bertz CT molecular complexity index is 513. The van der Waals surface area contributed by atoms with Crippen LogP contribution in [0.25, 0.3) is 0 Å². The van der Waals surface area contributed by atoms with Gasteiger partial charge in [-0.1, -0.05) is 15.9 Å². The van der Waals surface area contributed by atoms with Crippen LogP contribution in [0.4, 0.5) is 0 Å². The van der Waals surface area contributed by atoms with Crippen molar-refractivity contribution in [2.45, 2.75) is 26.1 Å².